The molecule has 4 heteroatoms. The zero-order chi connectivity index (χ0) is 12.7. The lowest BCUT2D eigenvalue weighted by Gasteiger charge is -2.35. The van der Waals surface area contributed by atoms with E-state index in [0.717, 1.165) is 32.4 Å². The van der Waals surface area contributed by atoms with Crippen molar-refractivity contribution in [2.24, 2.45) is 5.41 Å². The van der Waals surface area contributed by atoms with Crippen molar-refractivity contribution < 1.29 is 14.3 Å². The van der Waals surface area contributed by atoms with Gasteiger partial charge in [-0.1, -0.05) is 6.92 Å². The van der Waals surface area contributed by atoms with E-state index < -0.39 is 0 Å². The molecule has 1 rings (SSSR count). The van der Waals surface area contributed by atoms with Gasteiger partial charge in [0.15, 0.2) is 0 Å². The summed E-state index contributed by atoms with van der Waals surface area (Å²) < 4.78 is 10.8. The summed E-state index contributed by atoms with van der Waals surface area (Å²) in [6.45, 7) is 8.85. The Labute approximate surface area is 104 Å². The van der Waals surface area contributed by atoms with Crippen LogP contribution in [0.25, 0.3) is 0 Å². The van der Waals surface area contributed by atoms with Crippen LogP contribution in [0.4, 0.5) is 0 Å². The van der Waals surface area contributed by atoms with Crippen LogP contribution in [-0.4, -0.2) is 38.4 Å². The van der Waals surface area contributed by atoms with Crippen LogP contribution >= 0.6 is 0 Å². The highest BCUT2D eigenvalue weighted by molar-refractivity contribution is 5.77. The van der Waals surface area contributed by atoms with Gasteiger partial charge in [0, 0.05) is 6.61 Å². The zero-order valence-corrected chi connectivity index (χ0v) is 11.3. The second-order valence-corrected chi connectivity index (χ2v) is 4.76. The van der Waals surface area contributed by atoms with Gasteiger partial charge in [0.25, 0.3) is 0 Å². The number of hydrogen-bond donors (Lipinski definition) is 1. The van der Waals surface area contributed by atoms with Gasteiger partial charge in [-0.2, -0.15) is 0 Å². The van der Waals surface area contributed by atoms with Crippen molar-refractivity contribution in [2.75, 3.05) is 26.3 Å². The lowest BCUT2D eigenvalue weighted by atomic mass is 9.77. The average Bonchev–Trinajstić information content (AvgIpc) is 2.37. The third kappa shape index (κ3) is 3.96. The van der Waals surface area contributed by atoms with Crippen LogP contribution in [0.2, 0.25) is 0 Å². The van der Waals surface area contributed by atoms with E-state index >= 15 is 0 Å². The van der Waals surface area contributed by atoms with Gasteiger partial charge in [0.05, 0.1) is 12.0 Å². The molecular formula is C13H25NO3. The van der Waals surface area contributed by atoms with Crippen LogP contribution in [0.1, 0.15) is 40.0 Å². The number of piperidine rings is 1. The Morgan fingerprint density at radius 3 is 2.53 bits per heavy atom. The molecular weight excluding hydrogens is 218 g/mol. The van der Waals surface area contributed by atoms with E-state index in [1.165, 1.54) is 0 Å². The van der Waals surface area contributed by atoms with Crippen molar-refractivity contribution in [3.8, 4) is 0 Å². The van der Waals surface area contributed by atoms with E-state index in [1.807, 2.05) is 13.8 Å². The Morgan fingerprint density at radius 2 is 2.00 bits per heavy atom. The third-order valence-corrected chi connectivity index (χ3v) is 3.54. The first-order valence-corrected chi connectivity index (χ1v) is 6.64. The van der Waals surface area contributed by atoms with Gasteiger partial charge in [-0.15, -0.1) is 0 Å². The smallest absolute Gasteiger partial charge is 0.312 e. The molecule has 1 fully saturated rings. The van der Waals surface area contributed by atoms with Crippen molar-refractivity contribution in [3.05, 3.63) is 0 Å². The molecule has 0 aliphatic carbocycles. The summed E-state index contributed by atoms with van der Waals surface area (Å²) in [6, 6.07) is 0. The van der Waals surface area contributed by atoms with E-state index in [1.54, 1.807) is 0 Å². The molecule has 1 unspecified atom stereocenters. The fourth-order valence-corrected chi connectivity index (χ4v) is 2.23. The number of ether oxygens (including phenoxy) is 2. The van der Waals surface area contributed by atoms with Gasteiger partial charge in [0.1, 0.15) is 6.10 Å². The second kappa shape index (κ2) is 6.97. The fraction of sp³-hybridized carbons (Fsp3) is 0.923. The second-order valence-electron chi connectivity index (χ2n) is 4.76. The highest BCUT2D eigenvalue weighted by atomic mass is 16.6. The summed E-state index contributed by atoms with van der Waals surface area (Å²) in [4.78, 5) is 12.2. The van der Waals surface area contributed by atoms with Crippen LogP contribution in [0.15, 0.2) is 0 Å². The SMILES string of the molecule is CCOCC(C)OC(=O)C1(CC)CCNCC1. The van der Waals surface area contributed by atoms with Crippen molar-refractivity contribution >= 4 is 5.97 Å². The fourth-order valence-electron chi connectivity index (χ4n) is 2.23. The largest absolute Gasteiger partial charge is 0.460 e. The van der Waals surface area contributed by atoms with Gasteiger partial charge < -0.3 is 14.8 Å². The summed E-state index contributed by atoms with van der Waals surface area (Å²) in [5.41, 5.74) is -0.272. The van der Waals surface area contributed by atoms with Gasteiger partial charge in [-0.05, 0) is 46.2 Å². The molecule has 4 nitrogen and oxygen atoms in total. The molecule has 17 heavy (non-hydrogen) atoms. The highest BCUT2D eigenvalue weighted by Crippen LogP contribution is 2.34. The highest BCUT2D eigenvalue weighted by Gasteiger charge is 2.39. The number of hydrogen-bond acceptors (Lipinski definition) is 4. The van der Waals surface area contributed by atoms with Gasteiger partial charge in [-0.25, -0.2) is 0 Å². The molecule has 0 aromatic heterocycles. The number of esters is 1. The van der Waals surface area contributed by atoms with Crippen LogP contribution in [0.3, 0.4) is 0 Å². The van der Waals surface area contributed by atoms with E-state index in [9.17, 15) is 4.79 Å². The monoisotopic (exact) mass is 243 g/mol. The third-order valence-electron chi connectivity index (χ3n) is 3.54. The molecule has 0 radical (unpaired) electrons. The van der Waals surface area contributed by atoms with Crippen LogP contribution in [-0.2, 0) is 14.3 Å². The van der Waals surface area contributed by atoms with Crippen LogP contribution < -0.4 is 5.32 Å². The molecule has 0 aromatic rings. The predicted octanol–water partition coefficient (Wildman–Crippen LogP) is 1.73. The summed E-state index contributed by atoms with van der Waals surface area (Å²) in [7, 11) is 0. The minimum atomic E-state index is -0.272. The van der Waals surface area contributed by atoms with Gasteiger partial charge >= 0.3 is 5.97 Å². The van der Waals surface area contributed by atoms with Crippen molar-refractivity contribution in [3.63, 3.8) is 0 Å². The molecule has 0 aromatic carbocycles. The Balaban J connectivity index is 2.48. The first-order valence-electron chi connectivity index (χ1n) is 6.64. The minimum Gasteiger partial charge on any atom is -0.460 e. The standard InChI is InChI=1S/C13H25NO3/c1-4-13(6-8-14-9-7-13)12(15)17-11(3)10-16-5-2/h11,14H,4-10H2,1-3H3. The molecule has 1 atom stereocenters. The topological polar surface area (TPSA) is 47.6 Å². The van der Waals surface area contributed by atoms with E-state index in [4.69, 9.17) is 9.47 Å². The van der Waals surface area contributed by atoms with Gasteiger partial charge in [0.2, 0.25) is 0 Å². The first kappa shape index (κ1) is 14.5. The summed E-state index contributed by atoms with van der Waals surface area (Å²) in [5, 5.41) is 3.28. The van der Waals surface area contributed by atoms with Crippen LogP contribution in [0.5, 0.6) is 0 Å². The summed E-state index contributed by atoms with van der Waals surface area (Å²) in [5.74, 6) is -0.0475. The van der Waals surface area contributed by atoms with Crippen LogP contribution in [0, 0.1) is 5.41 Å². The van der Waals surface area contributed by atoms with E-state index in [-0.39, 0.29) is 17.5 Å². The maximum absolute atomic E-state index is 12.2. The average molecular weight is 243 g/mol. The Morgan fingerprint density at radius 1 is 1.35 bits per heavy atom. The van der Waals surface area contributed by atoms with Crippen molar-refractivity contribution in [1.29, 1.82) is 0 Å². The quantitative estimate of drug-likeness (QED) is 0.722. The maximum atomic E-state index is 12.2. The normalized spacial score (nSPS) is 20.9. The molecule has 1 aliphatic rings. The molecule has 0 saturated carbocycles. The first-order chi connectivity index (χ1) is 8.14. The van der Waals surface area contributed by atoms with Crippen molar-refractivity contribution in [2.45, 2.75) is 46.1 Å². The Hall–Kier alpha value is -0.610. The number of carbonyl (C=O) groups is 1. The van der Waals surface area contributed by atoms with Crippen molar-refractivity contribution in [1.82, 2.24) is 5.32 Å². The molecule has 0 amide bonds. The van der Waals surface area contributed by atoms with Gasteiger partial charge in [-0.3, -0.25) is 4.79 Å². The lowest BCUT2D eigenvalue weighted by Crippen LogP contribution is -2.44. The lowest BCUT2D eigenvalue weighted by molar-refractivity contribution is -0.165. The Kier molecular flexibility index (Phi) is 5.92. The molecule has 1 aliphatic heterocycles. The molecule has 1 N–H and O–H groups in total. The number of rotatable bonds is 6. The molecule has 100 valence electrons. The predicted molar refractivity (Wildman–Crippen MR) is 66.9 cm³/mol. The molecule has 0 spiro atoms. The summed E-state index contributed by atoms with van der Waals surface area (Å²) in [6.07, 6.45) is 2.46. The Bertz CT molecular complexity index is 237. The number of carbonyl (C=O) groups excluding carboxylic acids is 1. The molecule has 0 bridgehead atoms. The zero-order valence-electron chi connectivity index (χ0n) is 11.3. The van der Waals surface area contributed by atoms with E-state index in [2.05, 4.69) is 12.2 Å². The summed E-state index contributed by atoms with van der Waals surface area (Å²) >= 11 is 0. The molecule has 1 saturated heterocycles. The number of nitrogens with one attached hydrogen (secondary N) is 1. The van der Waals surface area contributed by atoms with E-state index in [0.29, 0.717) is 13.2 Å². The maximum Gasteiger partial charge on any atom is 0.312 e. The minimum absolute atomic E-state index is 0.0475. The molecule has 1 heterocycles.